The normalized spacial score (nSPS) is 10.7. The number of fused-ring (bicyclic) bond motifs is 1. The third-order valence-corrected chi connectivity index (χ3v) is 3.97. The fourth-order valence-electron chi connectivity index (χ4n) is 1.99. The molecular formula is C13H9BrN4OS. The molecule has 20 heavy (non-hydrogen) atoms. The first-order chi connectivity index (χ1) is 9.69. The highest BCUT2D eigenvalue weighted by Crippen LogP contribution is 2.31. The summed E-state index contributed by atoms with van der Waals surface area (Å²) < 4.78 is 8.95. The van der Waals surface area contributed by atoms with Crippen molar-refractivity contribution >= 4 is 44.5 Å². The highest BCUT2D eigenvalue weighted by Gasteiger charge is 2.11. The van der Waals surface area contributed by atoms with E-state index >= 15 is 0 Å². The van der Waals surface area contributed by atoms with Crippen molar-refractivity contribution in [2.45, 2.75) is 12.0 Å². The Bertz CT molecular complexity index is 817. The van der Waals surface area contributed by atoms with E-state index in [9.17, 15) is 0 Å². The molecule has 0 saturated carbocycles. The van der Waals surface area contributed by atoms with Gasteiger partial charge in [-0.2, -0.15) is 5.26 Å². The summed E-state index contributed by atoms with van der Waals surface area (Å²) in [4.78, 5) is 3.14. The molecule has 5 nitrogen and oxygen atoms in total. The van der Waals surface area contributed by atoms with Gasteiger partial charge in [0.2, 0.25) is 5.09 Å². The van der Waals surface area contributed by atoms with Crippen LogP contribution in [0.15, 0.2) is 38.6 Å². The van der Waals surface area contributed by atoms with Crippen molar-refractivity contribution in [1.82, 2.24) is 10.1 Å². The first-order valence-electron chi connectivity index (χ1n) is 5.75. The standard InChI is InChI=1S/C13H9BrN4OS/c1-7-2-3-9(13-12(7)8(5-15)6-16-13)18-20-11-4-10(14)17-19-11/h2-4,6,16,18H,1H3. The topological polar surface area (TPSA) is 77.6 Å². The molecule has 0 radical (unpaired) electrons. The first kappa shape index (κ1) is 13.1. The second-order valence-corrected chi connectivity index (χ2v) is 5.79. The van der Waals surface area contributed by atoms with Gasteiger partial charge < -0.3 is 14.2 Å². The van der Waals surface area contributed by atoms with E-state index < -0.39 is 0 Å². The molecule has 0 aliphatic carbocycles. The van der Waals surface area contributed by atoms with Gasteiger partial charge in [-0.05, 0) is 34.5 Å². The zero-order valence-electron chi connectivity index (χ0n) is 10.4. The zero-order valence-corrected chi connectivity index (χ0v) is 12.8. The third-order valence-electron chi connectivity index (χ3n) is 2.89. The maximum Gasteiger partial charge on any atom is 0.214 e. The summed E-state index contributed by atoms with van der Waals surface area (Å²) in [5, 5.41) is 14.5. The number of anilines is 1. The summed E-state index contributed by atoms with van der Waals surface area (Å²) in [6.07, 6.45) is 1.72. The Balaban J connectivity index is 1.94. The van der Waals surface area contributed by atoms with Crippen molar-refractivity contribution in [3.8, 4) is 6.07 Å². The Morgan fingerprint density at radius 1 is 1.50 bits per heavy atom. The molecule has 3 aromatic rings. The van der Waals surface area contributed by atoms with Crippen LogP contribution in [0.25, 0.3) is 10.9 Å². The molecule has 7 heteroatoms. The molecule has 0 bridgehead atoms. The number of nitriles is 1. The van der Waals surface area contributed by atoms with Gasteiger partial charge in [-0.3, -0.25) is 0 Å². The number of hydrogen-bond acceptors (Lipinski definition) is 5. The van der Waals surface area contributed by atoms with Crippen LogP contribution in [0.5, 0.6) is 0 Å². The number of hydrogen-bond donors (Lipinski definition) is 2. The molecule has 2 heterocycles. The van der Waals surface area contributed by atoms with Gasteiger partial charge in [-0.25, -0.2) is 0 Å². The van der Waals surface area contributed by atoms with Crippen molar-refractivity contribution < 1.29 is 4.52 Å². The van der Waals surface area contributed by atoms with E-state index in [0.717, 1.165) is 22.2 Å². The number of rotatable bonds is 3. The van der Waals surface area contributed by atoms with Crippen LogP contribution in [0.2, 0.25) is 0 Å². The summed E-state index contributed by atoms with van der Waals surface area (Å²) in [7, 11) is 0. The second-order valence-electron chi connectivity index (χ2n) is 4.17. The number of H-pyrrole nitrogens is 1. The molecule has 100 valence electrons. The molecular weight excluding hydrogens is 340 g/mol. The number of nitrogens with one attached hydrogen (secondary N) is 2. The summed E-state index contributed by atoms with van der Waals surface area (Å²) in [5.41, 5.74) is 3.52. The highest BCUT2D eigenvalue weighted by molar-refractivity contribution is 9.10. The number of aromatic nitrogens is 2. The average molecular weight is 349 g/mol. The van der Waals surface area contributed by atoms with Crippen LogP contribution in [-0.2, 0) is 0 Å². The molecule has 0 aliphatic heterocycles. The quantitative estimate of drug-likeness (QED) is 0.693. The largest absolute Gasteiger partial charge is 0.358 e. The molecule has 2 aromatic heterocycles. The maximum atomic E-state index is 9.13. The van der Waals surface area contributed by atoms with Gasteiger partial charge in [0, 0.05) is 29.6 Å². The van der Waals surface area contributed by atoms with Gasteiger partial charge in [-0.15, -0.1) is 0 Å². The molecule has 0 atom stereocenters. The lowest BCUT2D eigenvalue weighted by Gasteiger charge is -2.06. The Morgan fingerprint density at radius 2 is 2.35 bits per heavy atom. The van der Waals surface area contributed by atoms with Gasteiger partial charge in [0.15, 0.2) is 0 Å². The molecule has 1 aromatic carbocycles. The molecule has 0 fully saturated rings. The lowest BCUT2D eigenvalue weighted by molar-refractivity contribution is 0.347. The van der Waals surface area contributed by atoms with Crippen molar-refractivity contribution in [3.63, 3.8) is 0 Å². The minimum Gasteiger partial charge on any atom is -0.358 e. The molecule has 0 saturated heterocycles. The molecule has 2 N–H and O–H groups in total. The lowest BCUT2D eigenvalue weighted by atomic mass is 10.1. The minimum atomic E-state index is 0.647. The van der Waals surface area contributed by atoms with Gasteiger partial charge in [0.25, 0.3) is 0 Å². The van der Waals surface area contributed by atoms with Crippen molar-refractivity contribution in [3.05, 3.63) is 40.1 Å². The summed E-state index contributed by atoms with van der Waals surface area (Å²) in [6, 6.07) is 7.92. The van der Waals surface area contributed by atoms with Crippen molar-refractivity contribution in [2.75, 3.05) is 4.72 Å². The summed E-state index contributed by atoms with van der Waals surface area (Å²) in [6.45, 7) is 1.99. The molecule has 0 aliphatic rings. The van der Waals surface area contributed by atoms with Crippen molar-refractivity contribution in [2.24, 2.45) is 0 Å². The van der Waals surface area contributed by atoms with Crippen LogP contribution in [0.1, 0.15) is 11.1 Å². The van der Waals surface area contributed by atoms with E-state index in [4.69, 9.17) is 9.78 Å². The average Bonchev–Trinajstić information content (AvgIpc) is 3.05. The van der Waals surface area contributed by atoms with Gasteiger partial charge in [0.05, 0.1) is 16.8 Å². The number of aryl methyl sites for hydroxylation is 1. The van der Waals surface area contributed by atoms with Crippen LogP contribution in [0.3, 0.4) is 0 Å². The van der Waals surface area contributed by atoms with Crippen LogP contribution in [0.4, 0.5) is 5.69 Å². The SMILES string of the molecule is Cc1ccc(NSc2cc(Br)no2)c2[nH]cc(C#N)c12. The predicted octanol–water partition coefficient (Wildman–Crippen LogP) is 4.22. The van der Waals surface area contributed by atoms with E-state index in [1.54, 1.807) is 12.3 Å². The molecule has 0 spiro atoms. The summed E-state index contributed by atoms with van der Waals surface area (Å²) >= 11 is 4.55. The fraction of sp³-hybridized carbons (Fsp3) is 0.0769. The van der Waals surface area contributed by atoms with Crippen LogP contribution in [0, 0.1) is 18.3 Å². The minimum absolute atomic E-state index is 0.647. The number of aromatic amines is 1. The Kier molecular flexibility index (Phi) is 3.42. The maximum absolute atomic E-state index is 9.13. The van der Waals surface area contributed by atoms with E-state index in [2.05, 4.69) is 36.9 Å². The van der Waals surface area contributed by atoms with Gasteiger partial charge in [-0.1, -0.05) is 11.2 Å². The Labute approximate surface area is 127 Å². The van der Waals surface area contributed by atoms with Crippen LogP contribution in [-0.4, -0.2) is 10.1 Å². The molecule has 0 amide bonds. The zero-order chi connectivity index (χ0) is 14.1. The number of benzene rings is 1. The smallest absolute Gasteiger partial charge is 0.214 e. The Hall–Kier alpha value is -1.91. The van der Waals surface area contributed by atoms with E-state index in [1.807, 2.05) is 19.1 Å². The van der Waals surface area contributed by atoms with Gasteiger partial charge >= 0.3 is 0 Å². The van der Waals surface area contributed by atoms with E-state index in [1.165, 1.54) is 11.9 Å². The monoisotopic (exact) mass is 348 g/mol. The Morgan fingerprint density at radius 3 is 3.05 bits per heavy atom. The van der Waals surface area contributed by atoms with Crippen molar-refractivity contribution in [1.29, 1.82) is 5.26 Å². The number of nitrogens with zero attached hydrogens (tertiary/aromatic N) is 2. The number of halogens is 1. The van der Waals surface area contributed by atoms with E-state index in [-0.39, 0.29) is 0 Å². The lowest BCUT2D eigenvalue weighted by Crippen LogP contribution is -1.89. The molecule has 3 rings (SSSR count). The van der Waals surface area contributed by atoms with Crippen LogP contribution < -0.4 is 4.72 Å². The molecule has 0 unspecified atom stereocenters. The van der Waals surface area contributed by atoms with Crippen LogP contribution >= 0.6 is 27.9 Å². The van der Waals surface area contributed by atoms with Gasteiger partial charge in [0.1, 0.15) is 10.7 Å². The third kappa shape index (κ3) is 2.28. The summed E-state index contributed by atoms with van der Waals surface area (Å²) in [5.74, 6) is 0. The van der Waals surface area contributed by atoms with E-state index in [0.29, 0.717) is 15.3 Å². The fourth-order valence-corrected chi connectivity index (χ4v) is 3.04. The first-order valence-corrected chi connectivity index (χ1v) is 7.36. The highest BCUT2D eigenvalue weighted by atomic mass is 79.9. The predicted molar refractivity (Wildman–Crippen MR) is 81.4 cm³/mol. The second kappa shape index (κ2) is 5.23.